The minimum atomic E-state index is -0.252. The Kier molecular flexibility index (Phi) is 4.85. The van der Waals surface area contributed by atoms with E-state index in [1.807, 2.05) is 6.92 Å². The van der Waals surface area contributed by atoms with Gasteiger partial charge in [0.2, 0.25) is 0 Å². The average molecular weight is 384 g/mol. The van der Waals surface area contributed by atoms with Crippen LogP contribution >= 0.6 is 38.5 Å². The largest absolute Gasteiger partial charge is 0.507 e. The van der Waals surface area contributed by atoms with Crippen LogP contribution in [-0.2, 0) is 0 Å². The van der Waals surface area contributed by atoms with Crippen LogP contribution in [0.3, 0.4) is 0 Å². The van der Waals surface area contributed by atoms with Crippen molar-refractivity contribution in [3.63, 3.8) is 0 Å². The first-order chi connectivity index (χ1) is 7.04. The highest BCUT2D eigenvalue weighted by molar-refractivity contribution is 14.1. The molecule has 1 atom stereocenters. The Balaban J connectivity index is 2.86. The van der Waals surface area contributed by atoms with E-state index in [9.17, 15) is 9.90 Å². The van der Waals surface area contributed by atoms with Gasteiger partial charge in [-0.25, -0.2) is 0 Å². The lowest BCUT2D eigenvalue weighted by molar-refractivity contribution is 0.0941. The number of nitrogens with one attached hydrogen (secondary N) is 1. The number of halogens is 2. The summed E-state index contributed by atoms with van der Waals surface area (Å²) in [6.45, 7) is 1.89. The predicted molar refractivity (Wildman–Crippen MR) is 71.5 cm³/mol. The number of benzene rings is 1. The third kappa shape index (κ3) is 3.64. The molecule has 1 aromatic rings. The number of alkyl halides is 1. The number of aromatic hydroxyl groups is 1. The van der Waals surface area contributed by atoms with E-state index < -0.39 is 0 Å². The molecule has 1 aromatic carbocycles. The molecule has 1 amide bonds. The number of carbonyl (C=O) groups is 1. The molecule has 15 heavy (non-hydrogen) atoms. The van der Waals surface area contributed by atoms with E-state index in [-0.39, 0.29) is 17.7 Å². The summed E-state index contributed by atoms with van der Waals surface area (Å²) in [7, 11) is 0. The second kappa shape index (κ2) is 5.69. The standard InChI is InChI=1S/C10H11BrINO2/c1-6(5-11)13-10(15)8-4-7(12)2-3-9(8)14/h2-4,6,14H,5H2,1H3,(H,13,15). The van der Waals surface area contributed by atoms with Crippen molar-refractivity contribution in [1.29, 1.82) is 0 Å². The maximum absolute atomic E-state index is 11.7. The minimum absolute atomic E-state index is 0.00897. The summed E-state index contributed by atoms with van der Waals surface area (Å²) in [5, 5.41) is 13.0. The average Bonchev–Trinajstić information content (AvgIpc) is 2.21. The molecule has 0 fully saturated rings. The summed E-state index contributed by atoms with van der Waals surface area (Å²) < 4.78 is 0.919. The molecule has 0 aliphatic carbocycles. The molecule has 0 aromatic heterocycles. The van der Waals surface area contributed by atoms with Gasteiger partial charge in [-0.3, -0.25) is 4.79 Å². The van der Waals surface area contributed by atoms with Crippen LogP contribution in [0.4, 0.5) is 0 Å². The zero-order valence-corrected chi connectivity index (χ0v) is 11.9. The molecular formula is C10H11BrINO2. The summed E-state index contributed by atoms with van der Waals surface area (Å²) in [4.78, 5) is 11.7. The summed E-state index contributed by atoms with van der Waals surface area (Å²) in [5.41, 5.74) is 0.315. The van der Waals surface area contributed by atoms with E-state index >= 15 is 0 Å². The lowest BCUT2D eigenvalue weighted by Crippen LogP contribution is -2.33. The number of amides is 1. The Bertz CT molecular complexity index is 370. The van der Waals surface area contributed by atoms with Gasteiger partial charge in [-0.1, -0.05) is 15.9 Å². The van der Waals surface area contributed by atoms with E-state index in [4.69, 9.17) is 0 Å². The molecule has 0 radical (unpaired) electrons. The normalized spacial score (nSPS) is 12.2. The molecule has 82 valence electrons. The third-order valence-electron chi connectivity index (χ3n) is 1.81. The number of carbonyl (C=O) groups excluding carboxylic acids is 1. The summed E-state index contributed by atoms with van der Waals surface area (Å²) in [6, 6.07) is 4.97. The fourth-order valence-corrected chi connectivity index (χ4v) is 1.68. The van der Waals surface area contributed by atoms with Crippen molar-refractivity contribution in [2.24, 2.45) is 0 Å². The van der Waals surface area contributed by atoms with Gasteiger partial charge in [0, 0.05) is 14.9 Å². The Morgan fingerprint density at radius 1 is 1.67 bits per heavy atom. The lowest BCUT2D eigenvalue weighted by Gasteiger charge is -2.11. The highest BCUT2D eigenvalue weighted by atomic mass is 127. The Morgan fingerprint density at radius 2 is 2.33 bits per heavy atom. The van der Waals surface area contributed by atoms with Gasteiger partial charge < -0.3 is 10.4 Å². The highest BCUT2D eigenvalue weighted by Gasteiger charge is 2.13. The zero-order valence-electron chi connectivity index (χ0n) is 8.13. The van der Waals surface area contributed by atoms with Crippen molar-refractivity contribution in [1.82, 2.24) is 5.32 Å². The quantitative estimate of drug-likeness (QED) is 0.622. The van der Waals surface area contributed by atoms with Gasteiger partial charge in [0.1, 0.15) is 5.75 Å². The number of phenols is 1. The van der Waals surface area contributed by atoms with Crippen LogP contribution in [0.1, 0.15) is 17.3 Å². The van der Waals surface area contributed by atoms with E-state index in [1.165, 1.54) is 6.07 Å². The second-order valence-corrected chi connectivity index (χ2v) is 5.08. The van der Waals surface area contributed by atoms with Crippen molar-refractivity contribution >= 4 is 44.4 Å². The van der Waals surface area contributed by atoms with Crippen LogP contribution in [0.15, 0.2) is 18.2 Å². The first-order valence-corrected chi connectivity index (χ1v) is 6.60. The van der Waals surface area contributed by atoms with Crippen LogP contribution in [0.25, 0.3) is 0 Å². The third-order valence-corrected chi connectivity index (χ3v) is 3.45. The second-order valence-electron chi connectivity index (χ2n) is 3.19. The molecule has 0 aliphatic heterocycles. The minimum Gasteiger partial charge on any atom is -0.507 e. The maximum Gasteiger partial charge on any atom is 0.255 e. The topological polar surface area (TPSA) is 49.3 Å². The van der Waals surface area contributed by atoms with Crippen molar-refractivity contribution in [3.8, 4) is 5.75 Å². The van der Waals surface area contributed by atoms with Crippen molar-refractivity contribution in [2.75, 3.05) is 5.33 Å². The van der Waals surface area contributed by atoms with Gasteiger partial charge in [0.05, 0.1) is 5.56 Å². The molecule has 0 heterocycles. The first-order valence-electron chi connectivity index (χ1n) is 4.40. The number of hydrogen-bond donors (Lipinski definition) is 2. The van der Waals surface area contributed by atoms with E-state index in [1.54, 1.807) is 12.1 Å². The Morgan fingerprint density at radius 3 is 2.93 bits per heavy atom. The van der Waals surface area contributed by atoms with Crippen LogP contribution in [0.2, 0.25) is 0 Å². The van der Waals surface area contributed by atoms with E-state index in [0.29, 0.717) is 10.9 Å². The molecule has 0 spiro atoms. The smallest absolute Gasteiger partial charge is 0.255 e. The maximum atomic E-state index is 11.7. The van der Waals surface area contributed by atoms with Crippen molar-refractivity contribution in [2.45, 2.75) is 13.0 Å². The fourth-order valence-electron chi connectivity index (χ4n) is 1.03. The van der Waals surface area contributed by atoms with Crippen molar-refractivity contribution < 1.29 is 9.90 Å². The molecule has 1 rings (SSSR count). The lowest BCUT2D eigenvalue weighted by atomic mass is 10.2. The number of rotatable bonds is 3. The van der Waals surface area contributed by atoms with E-state index in [2.05, 4.69) is 43.8 Å². The van der Waals surface area contributed by atoms with Gasteiger partial charge in [0.15, 0.2) is 0 Å². The molecule has 1 unspecified atom stereocenters. The number of phenolic OH excluding ortho intramolecular Hbond substituents is 1. The molecule has 2 N–H and O–H groups in total. The van der Waals surface area contributed by atoms with Gasteiger partial charge in [-0.05, 0) is 47.7 Å². The summed E-state index contributed by atoms with van der Waals surface area (Å²) in [6.07, 6.45) is 0. The van der Waals surface area contributed by atoms with Crippen molar-refractivity contribution in [3.05, 3.63) is 27.3 Å². The fraction of sp³-hybridized carbons (Fsp3) is 0.300. The van der Waals surface area contributed by atoms with Crippen LogP contribution in [0.5, 0.6) is 5.75 Å². The van der Waals surface area contributed by atoms with Crippen LogP contribution < -0.4 is 5.32 Å². The SMILES string of the molecule is CC(CBr)NC(=O)c1cc(I)ccc1O. The van der Waals surface area contributed by atoms with Gasteiger partial charge in [-0.15, -0.1) is 0 Å². The monoisotopic (exact) mass is 383 g/mol. The molecule has 0 saturated carbocycles. The molecular weight excluding hydrogens is 373 g/mol. The molecule has 0 bridgehead atoms. The van der Waals surface area contributed by atoms with Gasteiger partial charge in [0.25, 0.3) is 5.91 Å². The summed E-state index contributed by atoms with van der Waals surface area (Å²) >= 11 is 5.37. The zero-order chi connectivity index (χ0) is 11.4. The molecule has 3 nitrogen and oxygen atoms in total. The molecule has 0 aliphatic rings. The predicted octanol–water partition coefficient (Wildman–Crippen LogP) is 2.51. The summed E-state index contributed by atoms with van der Waals surface area (Å²) in [5.74, 6) is -0.243. The van der Waals surface area contributed by atoms with Crippen LogP contribution in [-0.4, -0.2) is 22.4 Å². The molecule has 5 heteroatoms. The van der Waals surface area contributed by atoms with Gasteiger partial charge >= 0.3 is 0 Å². The first kappa shape index (κ1) is 12.8. The highest BCUT2D eigenvalue weighted by Crippen LogP contribution is 2.19. The van der Waals surface area contributed by atoms with Crippen LogP contribution in [0, 0.1) is 3.57 Å². The number of hydrogen-bond acceptors (Lipinski definition) is 2. The Hall–Kier alpha value is -0.300. The molecule has 0 saturated heterocycles. The van der Waals surface area contributed by atoms with E-state index in [0.717, 1.165) is 3.57 Å². The Labute approximate surface area is 111 Å². The van der Waals surface area contributed by atoms with Gasteiger partial charge in [-0.2, -0.15) is 0 Å².